The molecule has 0 aliphatic carbocycles. The molecule has 2 rings (SSSR count). The van der Waals surface area contributed by atoms with Crippen LogP contribution < -0.4 is 5.32 Å². The largest absolute Gasteiger partial charge is 0.325 e. The van der Waals surface area contributed by atoms with E-state index >= 15 is 0 Å². The molecule has 110 valence electrons. The summed E-state index contributed by atoms with van der Waals surface area (Å²) in [7, 11) is 0. The minimum Gasteiger partial charge on any atom is -0.325 e. The number of halogens is 1. The lowest BCUT2D eigenvalue weighted by atomic mass is 9.84. The zero-order chi connectivity index (χ0) is 15.5. The van der Waals surface area contributed by atoms with Crippen LogP contribution in [0.4, 0.5) is 5.69 Å². The van der Waals surface area contributed by atoms with Crippen molar-refractivity contribution in [2.75, 3.05) is 5.32 Å². The maximum atomic E-state index is 12.5. The van der Waals surface area contributed by atoms with E-state index in [2.05, 4.69) is 5.32 Å². The maximum Gasteiger partial charge on any atom is 0.230 e. The summed E-state index contributed by atoms with van der Waals surface area (Å²) in [6.07, 6.45) is 0.694. The Hall–Kier alpha value is -1.80. The number of carbonyl (C=O) groups is 1. The summed E-state index contributed by atoms with van der Waals surface area (Å²) in [5.41, 5.74) is 2.33. The van der Waals surface area contributed by atoms with Crippen LogP contribution in [0, 0.1) is 12.3 Å². The first-order valence-corrected chi connectivity index (χ1v) is 7.38. The summed E-state index contributed by atoms with van der Waals surface area (Å²) in [6, 6.07) is 15.6. The summed E-state index contributed by atoms with van der Waals surface area (Å²) in [4.78, 5) is 12.5. The molecule has 0 saturated carbocycles. The molecule has 0 saturated heterocycles. The second-order valence-corrected chi connectivity index (χ2v) is 6.32. The molecule has 0 atom stereocenters. The van der Waals surface area contributed by atoms with Crippen molar-refractivity contribution in [3.63, 3.8) is 0 Å². The van der Waals surface area contributed by atoms with E-state index in [-0.39, 0.29) is 5.91 Å². The zero-order valence-electron chi connectivity index (χ0n) is 12.6. The molecule has 2 aromatic rings. The molecule has 0 unspecified atom stereocenters. The van der Waals surface area contributed by atoms with Crippen molar-refractivity contribution < 1.29 is 4.79 Å². The Morgan fingerprint density at radius 2 is 1.76 bits per heavy atom. The van der Waals surface area contributed by atoms with Crippen LogP contribution in [0.25, 0.3) is 0 Å². The van der Waals surface area contributed by atoms with Gasteiger partial charge in [-0.2, -0.15) is 0 Å². The lowest BCUT2D eigenvalue weighted by Crippen LogP contribution is -2.33. The molecule has 0 aromatic heterocycles. The van der Waals surface area contributed by atoms with Gasteiger partial charge in [0.2, 0.25) is 5.91 Å². The van der Waals surface area contributed by atoms with Crippen molar-refractivity contribution in [1.82, 2.24) is 0 Å². The van der Waals surface area contributed by atoms with Gasteiger partial charge in [-0.3, -0.25) is 4.79 Å². The van der Waals surface area contributed by atoms with E-state index < -0.39 is 5.41 Å². The number of hydrogen-bond acceptors (Lipinski definition) is 1. The van der Waals surface area contributed by atoms with Gasteiger partial charge in [0.1, 0.15) is 0 Å². The number of anilines is 1. The van der Waals surface area contributed by atoms with Gasteiger partial charge < -0.3 is 5.32 Å². The fourth-order valence-electron chi connectivity index (χ4n) is 2.22. The molecule has 21 heavy (non-hydrogen) atoms. The normalized spacial score (nSPS) is 11.2. The molecule has 2 aromatic carbocycles. The molecule has 2 nitrogen and oxygen atoms in total. The van der Waals surface area contributed by atoms with Crippen molar-refractivity contribution in [1.29, 1.82) is 0 Å². The molecule has 0 aliphatic rings. The van der Waals surface area contributed by atoms with E-state index in [9.17, 15) is 4.79 Å². The summed E-state index contributed by atoms with van der Waals surface area (Å²) in [6.45, 7) is 5.81. The highest BCUT2D eigenvalue weighted by molar-refractivity contribution is 6.31. The fraction of sp³-hybridized carbons (Fsp3) is 0.278. The Labute approximate surface area is 131 Å². The monoisotopic (exact) mass is 301 g/mol. The molecule has 0 fully saturated rings. The van der Waals surface area contributed by atoms with Crippen LogP contribution >= 0.6 is 11.6 Å². The molecule has 0 spiro atoms. The quantitative estimate of drug-likeness (QED) is 0.859. The van der Waals surface area contributed by atoms with Gasteiger partial charge in [-0.15, -0.1) is 0 Å². The Balaban J connectivity index is 2.13. The van der Waals surface area contributed by atoms with Crippen molar-refractivity contribution >= 4 is 23.2 Å². The molecule has 1 amide bonds. The van der Waals surface area contributed by atoms with Gasteiger partial charge in [-0.1, -0.05) is 61.8 Å². The first kappa shape index (κ1) is 15.6. The van der Waals surface area contributed by atoms with Gasteiger partial charge in [0, 0.05) is 16.1 Å². The van der Waals surface area contributed by atoms with Crippen LogP contribution in [-0.2, 0) is 11.2 Å². The first-order valence-electron chi connectivity index (χ1n) is 7.00. The second kappa shape index (κ2) is 6.31. The van der Waals surface area contributed by atoms with E-state index in [1.807, 2.05) is 69.3 Å². The number of carbonyl (C=O) groups excluding carboxylic acids is 1. The summed E-state index contributed by atoms with van der Waals surface area (Å²) in [5.74, 6) is -0.00304. The van der Waals surface area contributed by atoms with Gasteiger partial charge >= 0.3 is 0 Å². The third kappa shape index (κ3) is 3.85. The highest BCUT2D eigenvalue weighted by Gasteiger charge is 2.28. The van der Waals surface area contributed by atoms with E-state index in [0.29, 0.717) is 11.4 Å². The van der Waals surface area contributed by atoms with Gasteiger partial charge in [-0.25, -0.2) is 0 Å². The lowest BCUT2D eigenvalue weighted by molar-refractivity contribution is -0.123. The van der Waals surface area contributed by atoms with Crippen molar-refractivity contribution in [3.05, 3.63) is 64.7 Å². The van der Waals surface area contributed by atoms with Gasteiger partial charge in [0.25, 0.3) is 0 Å². The Kier molecular flexibility index (Phi) is 4.69. The number of amides is 1. The third-order valence-electron chi connectivity index (χ3n) is 3.62. The standard InChI is InChI=1S/C18H20ClNO/c1-13-15(19)10-7-11-16(13)20-17(21)18(2,3)12-14-8-5-4-6-9-14/h4-11H,12H2,1-3H3,(H,20,21). The predicted molar refractivity (Wildman–Crippen MR) is 88.7 cm³/mol. The van der Waals surface area contributed by atoms with E-state index in [4.69, 9.17) is 11.6 Å². The van der Waals surface area contributed by atoms with Crippen molar-refractivity contribution in [2.45, 2.75) is 27.2 Å². The molecule has 0 aliphatic heterocycles. The summed E-state index contributed by atoms with van der Waals surface area (Å²) in [5, 5.41) is 3.65. The summed E-state index contributed by atoms with van der Waals surface area (Å²) < 4.78 is 0. The first-order chi connectivity index (χ1) is 9.90. The van der Waals surface area contributed by atoms with Crippen LogP contribution in [0.5, 0.6) is 0 Å². The highest BCUT2D eigenvalue weighted by Crippen LogP contribution is 2.27. The Morgan fingerprint density at radius 3 is 2.43 bits per heavy atom. The Bertz CT molecular complexity index is 635. The van der Waals surface area contributed by atoms with E-state index in [1.165, 1.54) is 0 Å². The topological polar surface area (TPSA) is 29.1 Å². The molecule has 0 radical (unpaired) electrons. The van der Waals surface area contributed by atoms with Crippen LogP contribution in [0.1, 0.15) is 25.0 Å². The van der Waals surface area contributed by atoms with Gasteiger partial charge in [-0.05, 0) is 36.6 Å². The molecule has 3 heteroatoms. The van der Waals surface area contributed by atoms with Gasteiger partial charge in [0.15, 0.2) is 0 Å². The minimum atomic E-state index is -0.490. The molecular formula is C18H20ClNO. The third-order valence-corrected chi connectivity index (χ3v) is 4.03. The van der Waals surface area contributed by atoms with E-state index in [1.54, 1.807) is 0 Å². The van der Waals surface area contributed by atoms with Crippen LogP contribution in [0.15, 0.2) is 48.5 Å². The van der Waals surface area contributed by atoms with Gasteiger partial charge in [0.05, 0.1) is 0 Å². The molecule has 0 bridgehead atoms. The lowest BCUT2D eigenvalue weighted by Gasteiger charge is -2.24. The number of hydrogen-bond donors (Lipinski definition) is 1. The van der Waals surface area contributed by atoms with Crippen LogP contribution in [-0.4, -0.2) is 5.91 Å². The maximum absolute atomic E-state index is 12.5. The van der Waals surface area contributed by atoms with Crippen LogP contribution in [0.3, 0.4) is 0 Å². The molecule has 1 N–H and O–H groups in total. The fourth-order valence-corrected chi connectivity index (χ4v) is 2.40. The minimum absolute atomic E-state index is 0.00304. The van der Waals surface area contributed by atoms with Crippen molar-refractivity contribution in [3.8, 4) is 0 Å². The average molecular weight is 302 g/mol. The van der Waals surface area contributed by atoms with Crippen LogP contribution in [0.2, 0.25) is 5.02 Å². The number of nitrogens with one attached hydrogen (secondary N) is 1. The smallest absolute Gasteiger partial charge is 0.230 e. The molecule has 0 heterocycles. The van der Waals surface area contributed by atoms with E-state index in [0.717, 1.165) is 16.8 Å². The Morgan fingerprint density at radius 1 is 1.10 bits per heavy atom. The summed E-state index contributed by atoms with van der Waals surface area (Å²) >= 11 is 6.09. The molecular weight excluding hydrogens is 282 g/mol. The average Bonchev–Trinajstić information content (AvgIpc) is 2.44. The predicted octanol–water partition coefficient (Wildman–Crippen LogP) is 4.86. The number of benzene rings is 2. The number of rotatable bonds is 4. The second-order valence-electron chi connectivity index (χ2n) is 5.91. The highest BCUT2D eigenvalue weighted by atomic mass is 35.5. The zero-order valence-corrected chi connectivity index (χ0v) is 13.4. The van der Waals surface area contributed by atoms with Crippen molar-refractivity contribution in [2.24, 2.45) is 5.41 Å². The SMILES string of the molecule is Cc1c(Cl)cccc1NC(=O)C(C)(C)Cc1ccccc1.